The van der Waals surface area contributed by atoms with Gasteiger partial charge in [-0.2, -0.15) is 4.98 Å². The highest BCUT2D eigenvalue weighted by atomic mass is 16.5. The second-order valence-electron chi connectivity index (χ2n) is 4.91. The number of aryl methyl sites for hydroxylation is 1. The first kappa shape index (κ1) is 14.3. The van der Waals surface area contributed by atoms with Gasteiger partial charge >= 0.3 is 12.0 Å². The molecule has 1 heterocycles. The number of methoxy groups -OCH3 is 1. The lowest BCUT2D eigenvalue weighted by atomic mass is 9.86. The van der Waals surface area contributed by atoms with E-state index >= 15 is 0 Å². The molecule has 0 aliphatic heterocycles. The van der Waals surface area contributed by atoms with Crippen LogP contribution >= 0.6 is 0 Å². The smallest absolute Gasteiger partial charge is 0.314 e. The number of carbonyl (C=O) groups is 2. The zero-order chi connectivity index (χ0) is 14.7. The average molecular weight is 282 g/mol. The van der Waals surface area contributed by atoms with Crippen LogP contribution in [0.25, 0.3) is 0 Å². The number of hydrogen-bond donors (Lipinski definition) is 2. The van der Waals surface area contributed by atoms with Gasteiger partial charge < -0.3 is 15.2 Å². The summed E-state index contributed by atoms with van der Waals surface area (Å²) >= 11 is 0. The molecule has 1 saturated carbocycles. The Hall–Kier alpha value is -2.12. The third-order valence-electron chi connectivity index (χ3n) is 3.52. The maximum absolute atomic E-state index is 12.0. The van der Waals surface area contributed by atoms with Crippen molar-refractivity contribution in [2.45, 2.75) is 31.7 Å². The highest BCUT2D eigenvalue weighted by Crippen LogP contribution is 2.24. The lowest BCUT2D eigenvalue weighted by Crippen LogP contribution is -2.39. The summed E-state index contributed by atoms with van der Waals surface area (Å²) in [5, 5.41) is 15.7. The largest absolute Gasteiger partial charge is 0.481 e. The molecule has 1 aliphatic rings. The van der Waals surface area contributed by atoms with Gasteiger partial charge in [-0.1, -0.05) is 0 Å². The van der Waals surface area contributed by atoms with Gasteiger partial charge in [0.05, 0.1) is 13.0 Å². The number of rotatable bonds is 4. The van der Waals surface area contributed by atoms with Crippen molar-refractivity contribution in [2.75, 3.05) is 7.11 Å². The molecular weight excluding hydrogens is 264 g/mol. The van der Waals surface area contributed by atoms with Crippen LogP contribution in [-0.2, 0) is 11.8 Å². The van der Waals surface area contributed by atoms with Crippen LogP contribution in [0, 0.1) is 5.92 Å². The molecule has 0 aromatic carbocycles. The highest BCUT2D eigenvalue weighted by Gasteiger charge is 2.27. The van der Waals surface area contributed by atoms with E-state index in [9.17, 15) is 9.59 Å². The quantitative estimate of drug-likeness (QED) is 0.817. The molecule has 1 fully saturated rings. The number of aliphatic carboxylic acids is 1. The minimum Gasteiger partial charge on any atom is -0.481 e. The Morgan fingerprint density at radius 1 is 1.35 bits per heavy atom. The van der Waals surface area contributed by atoms with E-state index in [1.54, 1.807) is 7.05 Å². The standard InChI is InChI=1S/C12H18N4O4/c1-16-12(20-2)14-9(15-16)10(17)13-8-5-3-7(4-6-8)11(18)19/h7-8H,3-6H2,1-2H3,(H,13,17)(H,18,19). The molecule has 110 valence electrons. The Bertz CT molecular complexity index is 506. The molecule has 0 bridgehead atoms. The van der Waals surface area contributed by atoms with Crippen LogP contribution in [0.5, 0.6) is 6.01 Å². The number of carboxylic acids is 1. The summed E-state index contributed by atoms with van der Waals surface area (Å²) in [6.07, 6.45) is 2.48. The normalized spacial score (nSPS) is 22.3. The molecular formula is C12H18N4O4. The van der Waals surface area contributed by atoms with Crippen molar-refractivity contribution in [3.8, 4) is 6.01 Å². The van der Waals surface area contributed by atoms with Crippen LogP contribution in [0.15, 0.2) is 0 Å². The molecule has 20 heavy (non-hydrogen) atoms. The number of carboxylic acid groups (broad SMARTS) is 1. The van der Waals surface area contributed by atoms with Crippen molar-refractivity contribution in [2.24, 2.45) is 13.0 Å². The molecule has 1 aliphatic carbocycles. The number of amides is 1. The molecule has 0 radical (unpaired) electrons. The molecule has 1 aromatic heterocycles. The van der Waals surface area contributed by atoms with Crippen molar-refractivity contribution in [3.05, 3.63) is 5.82 Å². The molecule has 2 N–H and O–H groups in total. The van der Waals surface area contributed by atoms with Gasteiger partial charge in [-0.3, -0.25) is 9.59 Å². The van der Waals surface area contributed by atoms with E-state index in [4.69, 9.17) is 9.84 Å². The number of hydrogen-bond acceptors (Lipinski definition) is 5. The minimum absolute atomic E-state index is 0.0205. The highest BCUT2D eigenvalue weighted by molar-refractivity contribution is 5.90. The van der Waals surface area contributed by atoms with Gasteiger partial charge in [-0.05, 0) is 25.7 Å². The van der Waals surface area contributed by atoms with Gasteiger partial charge in [0.15, 0.2) is 0 Å². The van der Waals surface area contributed by atoms with E-state index in [0.29, 0.717) is 25.7 Å². The zero-order valence-corrected chi connectivity index (χ0v) is 11.5. The molecule has 8 nitrogen and oxygen atoms in total. The van der Waals surface area contributed by atoms with E-state index < -0.39 is 5.97 Å². The number of aromatic nitrogens is 3. The lowest BCUT2D eigenvalue weighted by Gasteiger charge is -2.26. The van der Waals surface area contributed by atoms with Gasteiger partial charge in [-0.25, -0.2) is 4.68 Å². The Morgan fingerprint density at radius 3 is 2.50 bits per heavy atom. The fourth-order valence-electron chi connectivity index (χ4n) is 2.38. The molecule has 2 rings (SSSR count). The first-order valence-electron chi connectivity index (χ1n) is 6.50. The molecule has 0 spiro atoms. The number of carbonyl (C=O) groups excluding carboxylic acids is 1. The zero-order valence-electron chi connectivity index (χ0n) is 11.5. The van der Waals surface area contributed by atoms with E-state index in [1.807, 2.05) is 0 Å². The monoisotopic (exact) mass is 282 g/mol. The van der Waals surface area contributed by atoms with Crippen LogP contribution in [0.3, 0.4) is 0 Å². The Balaban J connectivity index is 1.90. The fraction of sp³-hybridized carbons (Fsp3) is 0.667. The summed E-state index contributed by atoms with van der Waals surface area (Å²) in [4.78, 5) is 26.8. The number of nitrogens with zero attached hydrogens (tertiary/aromatic N) is 3. The summed E-state index contributed by atoms with van der Waals surface area (Å²) < 4.78 is 6.34. The van der Waals surface area contributed by atoms with Crippen molar-refractivity contribution in [3.63, 3.8) is 0 Å². The topological polar surface area (TPSA) is 106 Å². The van der Waals surface area contributed by atoms with E-state index in [-0.39, 0.29) is 29.7 Å². The van der Waals surface area contributed by atoms with Crippen LogP contribution in [0.4, 0.5) is 0 Å². The summed E-state index contributed by atoms with van der Waals surface area (Å²) in [7, 11) is 3.10. The molecule has 0 unspecified atom stereocenters. The van der Waals surface area contributed by atoms with E-state index in [2.05, 4.69) is 15.4 Å². The van der Waals surface area contributed by atoms with E-state index in [1.165, 1.54) is 11.8 Å². The van der Waals surface area contributed by atoms with Crippen LogP contribution in [0.1, 0.15) is 36.3 Å². The fourth-order valence-corrected chi connectivity index (χ4v) is 2.38. The average Bonchev–Trinajstić information content (AvgIpc) is 2.80. The van der Waals surface area contributed by atoms with Gasteiger partial charge in [0.25, 0.3) is 5.91 Å². The van der Waals surface area contributed by atoms with Gasteiger partial charge in [0.1, 0.15) is 0 Å². The molecule has 0 saturated heterocycles. The second-order valence-corrected chi connectivity index (χ2v) is 4.91. The van der Waals surface area contributed by atoms with Crippen LogP contribution in [-0.4, -0.2) is 44.9 Å². The Kier molecular flexibility index (Phi) is 4.21. The number of nitrogens with one attached hydrogen (secondary N) is 1. The van der Waals surface area contributed by atoms with Crippen molar-refractivity contribution >= 4 is 11.9 Å². The maximum Gasteiger partial charge on any atom is 0.314 e. The molecule has 8 heteroatoms. The summed E-state index contributed by atoms with van der Waals surface area (Å²) in [6.45, 7) is 0. The molecule has 0 atom stereocenters. The predicted octanol–water partition coefficient (Wildman–Crippen LogP) is 0.197. The summed E-state index contributed by atoms with van der Waals surface area (Å²) in [5.74, 6) is -1.35. The summed E-state index contributed by atoms with van der Waals surface area (Å²) in [6, 6.07) is 0.248. The van der Waals surface area contributed by atoms with Crippen molar-refractivity contribution in [1.82, 2.24) is 20.1 Å². The Morgan fingerprint density at radius 2 is 2.00 bits per heavy atom. The minimum atomic E-state index is -0.758. The lowest BCUT2D eigenvalue weighted by molar-refractivity contribution is -0.142. The van der Waals surface area contributed by atoms with Gasteiger partial charge in [-0.15, -0.1) is 5.10 Å². The van der Waals surface area contributed by atoms with Gasteiger partial charge in [0.2, 0.25) is 5.82 Å². The molecule has 1 aromatic rings. The molecule has 1 amide bonds. The predicted molar refractivity (Wildman–Crippen MR) is 68.4 cm³/mol. The van der Waals surface area contributed by atoms with Crippen LogP contribution in [0.2, 0.25) is 0 Å². The van der Waals surface area contributed by atoms with Crippen molar-refractivity contribution < 1.29 is 19.4 Å². The first-order chi connectivity index (χ1) is 9.51. The first-order valence-corrected chi connectivity index (χ1v) is 6.50. The maximum atomic E-state index is 12.0. The third kappa shape index (κ3) is 3.06. The third-order valence-corrected chi connectivity index (χ3v) is 3.52. The Labute approximate surface area is 116 Å². The number of ether oxygens (including phenoxy) is 1. The summed E-state index contributed by atoms with van der Waals surface area (Å²) in [5.41, 5.74) is 0. The van der Waals surface area contributed by atoms with E-state index in [0.717, 1.165) is 0 Å². The second kappa shape index (κ2) is 5.89. The van der Waals surface area contributed by atoms with Crippen LogP contribution < -0.4 is 10.1 Å². The van der Waals surface area contributed by atoms with Crippen molar-refractivity contribution in [1.29, 1.82) is 0 Å². The van der Waals surface area contributed by atoms with Gasteiger partial charge in [0, 0.05) is 13.1 Å². The SMILES string of the molecule is COc1nc(C(=O)NC2CCC(C(=O)O)CC2)nn1C.